The summed E-state index contributed by atoms with van der Waals surface area (Å²) < 4.78 is 0. The minimum atomic E-state index is -0.566. The number of anilines is 3. The summed E-state index contributed by atoms with van der Waals surface area (Å²) in [6.45, 7) is 4.64. The van der Waals surface area contributed by atoms with Gasteiger partial charge in [-0.2, -0.15) is 0 Å². The number of aromatic nitrogens is 1. The number of nitrogens with one attached hydrogen (secondary N) is 3. The highest BCUT2D eigenvalue weighted by Gasteiger charge is 2.25. The molecule has 0 aliphatic rings. The number of carbonyl (C=O) groups excluding carboxylic acids is 1. The number of hydrogen-bond acceptors (Lipinski definition) is 6. The predicted molar refractivity (Wildman–Crippen MR) is 115 cm³/mol. The molecule has 1 amide bonds. The second-order valence-electron chi connectivity index (χ2n) is 7.49. The van der Waals surface area contributed by atoms with Crippen molar-refractivity contribution in [2.45, 2.75) is 13.8 Å². The summed E-state index contributed by atoms with van der Waals surface area (Å²) in [5, 5.41) is 9.32. The molecule has 0 saturated heterocycles. The Morgan fingerprint density at radius 2 is 1.83 bits per heavy atom. The molecule has 0 atom stereocenters. The van der Waals surface area contributed by atoms with Crippen LogP contribution in [0.1, 0.15) is 24.2 Å². The van der Waals surface area contributed by atoms with Gasteiger partial charge >= 0.3 is 0 Å². The molecule has 0 bridgehead atoms. The summed E-state index contributed by atoms with van der Waals surface area (Å²) in [6, 6.07) is 10.2. The van der Waals surface area contributed by atoms with Gasteiger partial charge in [-0.05, 0) is 35.7 Å². The third kappa shape index (κ3) is 5.00. The van der Waals surface area contributed by atoms with Crippen LogP contribution in [0, 0.1) is 5.41 Å². The topological polar surface area (TPSA) is 100 Å². The number of hydrogen-bond donors (Lipinski definition) is 3. The standard InChI is InChI=1S/C21H21ClN4O3/c1-21(2,12-25-20(29)13-5-3-6-14(22)9-13)11-24-16-17(19(28)18(16)27)26-15-7-4-8-23-10-15/h3-10,24,26H,11-12H2,1-2H3,(H,25,29). The molecule has 3 N–H and O–H groups in total. The molecule has 0 radical (unpaired) electrons. The Hall–Kier alpha value is -3.19. The van der Waals surface area contributed by atoms with Crippen LogP contribution in [0.15, 0.2) is 58.4 Å². The first-order chi connectivity index (χ1) is 13.8. The number of rotatable bonds is 8. The van der Waals surface area contributed by atoms with E-state index in [4.69, 9.17) is 11.6 Å². The van der Waals surface area contributed by atoms with E-state index in [1.54, 1.807) is 48.8 Å². The molecule has 150 valence electrons. The molecule has 8 heteroatoms. The van der Waals surface area contributed by atoms with Crippen molar-refractivity contribution in [1.29, 1.82) is 0 Å². The summed E-state index contributed by atoms with van der Waals surface area (Å²) in [6.07, 6.45) is 3.18. The van der Waals surface area contributed by atoms with Crippen LogP contribution in [-0.4, -0.2) is 24.0 Å². The van der Waals surface area contributed by atoms with Gasteiger partial charge in [-0.15, -0.1) is 0 Å². The van der Waals surface area contributed by atoms with Crippen LogP contribution in [-0.2, 0) is 0 Å². The Balaban J connectivity index is 1.59. The van der Waals surface area contributed by atoms with Crippen molar-refractivity contribution < 1.29 is 4.79 Å². The lowest BCUT2D eigenvalue weighted by Crippen LogP contribution is -2.41. The van der Waals surface area contributed by atoms with Crippen LogP contribution in [0.25, 0.3) is 0 Å². The van der Waals surface area contributed by atoms with Gasteiger partial charge in [0.2, 0.25) is 0 Å². The van der Waals surface area contributed by atoms with Gasteiger partial charge in [-0.3, -0.25) is 19.4 Å². The Bertz CT molecular complexity index is 1090. The van der Waals surface area contributed by atoms with E-state index in [0.29, 0.717) is 29.4 Å². The molecule has 0 saturated carbocycles. The number of nitrogens with zero attached hydrogens (tertiary/aromatic N) is 1. The first-order valence-corrected chi connectivity index (χ1v) is 9.43. The van der Waals surface area contributed by atoms with Gasteiger partial charge in [0, 0.05) is 29.9 Å². The fraction of sp³-hybridized carbons (Fsp3) is 0.238. The van der Waals surface area contributed by atoms with Crippen molar-refractivity contribution in [3.63, 3.8) is 0 Å². The van der Waals surface area contributed by atoms with Crippen molar-refractivity contribution in [1.82, 2.24) is 10.3 Å². The first-order valence-electron chi connectivity index (χ1n) is 9.05. The van der Waals surface area contributed by atoms with Crippen molar-refractivity contribution in [3.8, 4) is 0 Å². The Kier molecular flexibility index (Phi) is 5.98. The predicted octanol–water partition coefficient (Wildman–Crippen LogP) is 2.94. The SMILES string of the molecule is CC(C)(CNC(=O)c1cccc(Cl)c1)CNc1c(Nc2cccnc2)c(=O)c1=O. The Morgan fingerprint density at radius 3 is 2.52 bits per heavy atom. The third-order valence-electron chi connectivity index (χ3n) is 4.40. The number of carbonyl (C=O) groups is 1. The normalized spacial score (nSPS) is 11.3. The highest BCUT2D eigenvalue weighted by Crippen LogP contribution is 2.22. The average molecular weight is 413 g/mol. The summed E-state index contributed by atoms with van der Waals surface area (Å²) in [5.41, 5.74) is 0.0651. The lowest BCUT2D eigenvalue weighted by Gasteiger charge is -2.27. The van der Waals surface area contributed by atoms with Crippen LogP contribution in [0.3, 0.4) is 0 Å². The zero-order valence-electron chi connectivity index (χ0n) is 16.1. The molecule has 3 aromatic rings. The maximum Gasteiger partial charge on any atom is 0.253 e. The maximum atomic E-state index is 12.3. The number of benzene rings is 1. The van der Waals surface area contributed by atoms with Crippen LogP contribution in [0.2, 0.25) is 5.02 Å². The molecule has 2 aromatic carbocycles. The molecule has 0 aliphatic carbocycles. The molecule has 29 heavy (non-hydrogen) atoms. The number of amides is 1. The van der Waals surface area contributed by atoms with Gasteiger partial charge in [-0.1, -0.05) is 31.5 Å². The molecular weight excluding hydrogens is 392 g/mol. The molecule has 1 heterocycles. The molecule has 0 aliphatic heterocycles. The van der Waals surface area contributed by atoms with E-state index in [2.05, 4.69) is 20.9 Å². The maximum absolute atomic E-state index is 12.3. The molecule has 7 nitrogen and oxygen atoms in total. The zero-order valence-corrected chi connectivity index (χ0v) is 16.8. The second kappa shape index (κ2) is 8.45. The van der Waals surface area contributed by atoms with Crippen molar-refractivity contribution in [2.24, 2.45) is 5.41 Å². The molecule has 0 unspecified atom stereocenters. The van der Waals surface area contributed by atoms with Gasteiger partial charge in [0.1, 0.15) is 11.4 Å². The van der Waals surface area contributed by atoms with E-state index in [1.165, 1.54) is 0 Å². The van der Waals surface area contributed by atoms with E-state index in [1.807, 2.05) is 13.8 Å². The monoisotopic (exact) mass is 412 g/mol. The largest absolute Gasteiger partial charge is 0.379 e. The quantitative estimate of drug-likeness (QED) is 0.492. The lowest BCUT2D eigenvalue weighted by molar-refractivity contribution is 0.0938. The fourth-order valence-corrected chi connectivity index (χ4v) is 2.89. The van der Waals surface area contributed by atoms with Gasteiger partial charge in [-0.25, -0.2) is 0 Å². The summed E-state index contributed by atoms with van der Waals surface area (Å²) in [7, 11) is 0. The smallest absolute Gasteiger partial charge is 0.253 e. The van der Waals surface area contributed by atoms with E-state index < -0.39 is 10.9 Å². The Labute approximate surface area is 172 Å². The van der Waals surface area contributed by atoms with E-state index in [9.17, 15) is 14.4 Å². The van der Waals surface area contributed by atoms with Crippen molar-refractivity contribution >= 4 is 34.6 Å². The molecule has 0 fully saturated rings. The summed E-state index contributed by atoms with van der Waals surface area (Å²) in [4.78, 5) is 40.1. The van der Waals surface area contributed by atoms with Crippen LogP contribution in [0.5, 0.6) is 0 Å². The molecule has 1 aromatic heterocycles. The van der Waals surface area contributed by atoms with E-state index >= 15 is 0 Å². The first kappa shape index (κ1) is 20.5. The molecular formula is C21H21ClN4O3. The lowest BCUT2D eigenvalue weighted by atomic mass is 9.93. The van der Waals surface area contributed by atoms with Gasteiger partial charge in [0.25, 0.3) is 16.8 Å². The molecule has 3 rings (SSSR count). The van der Waals surface area contributed by atoms with Crippen molar-refractivity contribution in [3.05, 3.63) is 79.8 Å². The fourth-order valence-electron chi connectivity index (χ4n) is 2.70. The summed E-state index contributed by atoms with van der Waals surface area (Å²) in [5.74, 6) is -0.228. The third-order valence-corrected chi connectivity index (χ3v) is 4.63. The number of halogens is 1. The van der Waals surface area contributed by atoms with Crippen LogP contribution >= 0.6 is 11.6 Å². The number of pyridine rings is 1. The highest BCUT2D eigenvalue weighted by atomic mass is 35.5. The van der Waals surface area contributed by atoms with Gasteiger partial charge < -0.3 is 16.0 Å². The van der Waals surface area contributed by atoms with Gasteiger partial charge in [0.15, 0.2) is 0 Å². The van der Waals surface area contributed by atoms with E-state index in [0.717, 1.165) is 0 Å². The van der Waals surface area contributed by atoms with Crippen molar-refractivity contribution in [2.75, 3.05) is 23.7 Å². The second-order valence-corrected chi connectivity index (χ2v) is 7.92. The van der Waals surface area contributed by atoms with Crippen LogP contribution < -0.4 is 26.8 Å². The van der Waals surface area contributed by atoms with E-state index in [-0.39, 0.29) is 22.7 Å². The Morgan fingerprint density at radius 1 is 1.07 bits per heavy atom. The van der Waals surface area contributed by atoms with Gasteiger partial charge in [0.05, 0.1) is 11.9 Å². The zero-order chi connectivity index (χ0) is 21.0. The van der Waals surface area contributed by atoms with Crippen LogP contribution in [0.4, 0.5) is 17.1 Å². The minimum Gasteiger partial charge on any atom is -0.379 e. The highest BCUT2D eigenvalue weighted by molar-refractivity contribution is 6.30. The molecule has 0 spiro atoms. The minimum absolute atomic E-state index is 0.224. The summed E-state index contributed by atoms with van der Waals surface area (Å²) >= 11 is 5.92. The average Bonchev–Trinajstić information content (AvgIpc) is 2.71.